The van der Waals surface area contributed by atoms with Crippen molar-refractivity contribution in [1.29, 1.82) is 0 Å². The van der Waals surface area contributed by atoms with Gasteiger partial charge >= 0.3 is 0 Å². The highest BCUT2D eigenvalue weighted by Gasteiger charge is 2.46. The Morgan fingerprint density at radius 1 is 0.441 bits per heavy atom. The molecule has 282 valence electrons. The minimum atomic E-state index is -0.475. The highest BCUT2D eigenvalue weighted by atomic mass is 16.3. The summed E-state index contributed by atoms with van der Waals surface area (Å²) in [5, 5.41) is 4.59. The minimum absolute atomic E-state index is 0.0178. The van der Waals surface area contributed by atoms with E-state index in [1.54, 1.807) is 0 Å². The van der Waals surface area contributed by atoms with Crippen LogP contribution in [-0.2, 0) is 10.8 Å². The summed E-state index contributed by atoms with van der Waals surface area (Å²) in [4.78, 5) is 2.46. The van der Waals surface area contributed by atoms with Gasteiger partial charge in [0.1, 0.15) is 11.2 Å². The van der Waals surface area contributed by atoms with Crippen LogP contribution in [0, 0.1) is 0 Å². The zero-order valence-corrected chi connectivity index (χ0v) is 33.5. The van der Waals surface area contributed by atoms with Gasteiger partial charge in [-0.2, -0.15) is 0 Å². The van der Waals surface area contributed by atoms with Crippen molar-refractivity contribution in [3.8, 4) is 22.3 Å². The number of nitrogens with zero attached hydrogens (tertiary/aromatic N) is 1. The standard InChI is InChI=1S/C57H43NO/c1-56(2,3)39-30-32-42(33-31-39)58(52-36-29-38-17-10-11-22-44(38)54(52)48-26-16-25-47-46-24-13-15-28-53(46)59-55(47)48)43-34-35-51-49(37-43)45-23-12-14-27-50(45)57(51,40-18-6-4-7-19-40)41-20-8-5-9-21-41/h4-37H,1-3H3. The van der Waals surface area contributed by atoms with Crippen molar-refractivity contribution in [2.24, 2.45) is 0 Å². The second-order valence-corrected chi connectivity index (χ2v) is 16.9. The third kappa shape index (κ3) is 5.40. The summed E-state index contributed by atoms with van der Waals surface area (Å²) in [7, 11) is 0. The molecule has 0 saturated heterocycles. The van der Waals surface area contributed by atoms with Crippen LogP contribution < -0.4 is 4.90 Å². The Balaban J connectivity index is 1.21. The van der Waals surface area contributed by atoms with Crippen LogP contribution in [0.5, 0.6) is 0 Å². The maximum atomic E-state index is 6.77. The average Bonchev–Trinajstić information content (AvgIpc) is 3.81. The van der Waals surface area contributed by atoms with Crippen LogP contribution in [0.1, 0.15) is 48.6 Å². The first-order chi connectivity index (χ1) is 28.9. The molecule has 0 atom stereocenters. The summed E-state index contributed by atoms with van der Waals surface area (Å²) < 4.78 is 6.77. The number of benzene rings is 9. The van der Waals surface area contributed by atoms with Crippen LogP contribution in [0.25, 0.3) is 55.0 Å². The van der Waals surface area contributed by atoms with Crippen molar-refractivity contribution in [2.75, 3.05) is 4.90 Å². The molecule has 0 N–H and O–H groups in total. The third-order valence-electron chi connectivity index (χ3n) is 12.5. The second kappa shape index (κ2) is 13.5. The van der Waals surface area contributed by atoms with Gasteiger partial charge in [-0.3, -0.25) is 0 Å². The van der Waals surface area contributed by atoms with E-state index in [-0.39, 0.29) is 5.41 Å². The highest BCUT2D eigenvalue weighted by Crippen LogP contribution is 2.57. The quantitative estimate of drug-likeness (QED) is 0.168. The largest absolute Gasteiger partial charge is 0.455 e. The number of fused-ring (bicyclic) bond motifs is 7. The molecule has 0 bridgehead atoms. The first-order valence-electron chi connectivity index (χ1n) is 20.6. The van der Waals surface area contributed by atoms with E-state index in [9.17, 15) is 0 Å². The molecular formula is C57H43NO. The molecular weight excluding hydrogens is 715 g/mol. The molecule has 59 heavy (non-hydrogen) atoms. The lowest BCUT2D eigenvalue weighted by atomic mass is 9.68. The monoisotopic (exact) mass is 757 g/mol. The Morgan fingerprint density at radius 3 is 1.78 bits per heavy atom. The first-order valence-corrected chi connectivity index (χ1v) is 20.6. The Morgan fingerprint density at radius 2 is 1.03 bits per heavy atom. The van der Waals surface area contributed by atoms with Gasteiger partial charge in [-0.15, -0.1) is 0 Å². The Hall–Kier alpha value is -7.16. The van der Waals surface area contributed by atoms with Gasteiger partial charge in [0, 0.05) is 33.3 Å². The average molecular weight is 758 g/mol. The minimum Gasteiger partial charge on any atom is -0.455 e. The molecule has 1 aromatic heterocycles. The van der Waals surface area contributed by atoms with E-state index >= 15 is 0 Å². The number of anilines is 3. The van der Waals surface area contributed by atoms with Crippen molar-refractivity contribution in [3.63, 3.8) is 0 Å². The van der Waals surface area contributed by atoms with Crippen molar-refractivity contribution >= 4 is 49.8 Å². The zero-order valence-electron chi connectivity index (χ0n) is 33.5. The predicted octanol–water partition coefficient (Wildman–Crippen LogP) is 15.5. The molecule has 1 aliphatic rings. The molecule has 10 aromatic rings. The van der Waals surface area contributed by atoms with Gasteiger partial charge in [-0.1, -0.05) is 191 Å². The second-order valence-electron chi connectivity index (χ2n) is 16.9. The summed E-state index contributed by atoms with van der Waals surface area (Å²) in [6, 6.07) is 75.6. The van der Waals surface area contributed by atoms with E-state index < -0.39 is 5.41 Å². The van der Waals surface area contributed by atoms with E-state index in [4.69, 9.17) is 4.42 Å². The molecule has 0 saturated carbocycles. The van der Waals surface area contributed by atoms with Gasteiger partial charge in [0.2, 0.25) is 0 Å². The van der Waals surface area contributed by atoms with Gasteiger partial charge in [-0.05, 0) is 91.5 Å². The normalized spacial score (nSPS) is 13.1. The SMILES string of the molecule is CC(C)(C)c1ccc(N(c2ccc3c(c2)-c2ccccc2C3(c2ccccc2)c2ccccc2)c2ccc3ccccc3c2-c2cccc3c2oc2ccccc23)cc1. The Bertz CT molecular complexity index is 3150. The van der Waals surface area contributed by atoms with Crippen LogP contribution in [0.3, 0.4) is 0 Å². The third-order valence-corrected chi connectivity index (χ3v) is 12.5. The summed E-state index contributed by atoms with van der Waals surface area (Å²) in [5.74, 6) is 0. The molecule has 0 radical (unpaired) electrons. The fourth-order valence-electron chi connectivity index (χ4n) is 9.79. The lowest BCUT2D eigenvalue weighted by molar-refractivity contribution is 0.590. The van der Waals surface area contributed by atoms with Gasteiger partial charge in [-0.25, -0.2) is 0 Å². The van der Waals surface area contributed by atoms with E-state index in [0.717, 1.165) is 50.1 Å². The Labute approximate surface area is 345 Å². The molecule has 2 heteroatoms. The number of rotatable bonds is 6. The maximum Gasteiger partial charge on any atom is 0.143 e. The smallest absolute Gasteiger partial charge is 0.143 e. The van der Waals surface area contributed by atoms with E-state index in [0.29, 0.717) is 0 Å². The topological polar surface area (TPSA) is 16.4 Å². The molecule has 1 aliphatic carbocycles. The first kappa shape index (κ1) is 35.0. The number of furan rings is 1. The zero-order chi connectivity index (χ0) is 39.7. The molecule has 2 nitrogen and oxygen atoms in total. The fraction of sp³-hybridized carbons (Fsp3) is 0.0877. The van der Waals surface area contributed by atoms with Gasteiger partial charge in [0.05, 0.1) is 11.1 Å². The van der Waals surface area contributed by atoms with E-state index in [1.165, 1.54) is 49.7 Å². The summed E-state index contributed by atoms with van der Waals surface area (Å²) in [6.45, 7) is 6.83. The van der Waals surface area contributed by atoms with Crippen LogP contribution in [0.2, 0.25) is 0 Å². The number of hydrogen-bond acceptors (Lipinski definition) is 2. The highest BCUT2D eigenvalue weighted by molar-refractivity contribution is 6.15. The predicted molar refractivity (Wildman–Crippen MR) is 247 cm³/mol. The lowest BCUT2D eigenvalue weighted by Crippen LogP contribution is -2.28. The molecule has 0 amide bonds. The van der Waals surface area contributed by atoms with Crippen LogP contribution in [0.15, 0.2) is 211 Å². The molecule has 11 rings (SSSR count). The molecule has 0 fully saturated rings. The summed E-state index contributed by atoms with van der Waals surface area (Å²) in [5.41, 5.74) is 15.7. The van der Waals surface area contributed by atoms with E-state index in [1.807, 2.05) is 6.07 Å². The van der Waals surface area contributed by atoms with Gasteiger partial charge in [0.15, 0.2) is 0 Å². The molecule has 1 heterocycles. The lowest BCUT2D eigenvalue weighted by Gasteiger charge is -2.34. The van der Waals surface area contributed by atoms with Crippen molar-refractivity contribution in [1.82, 2.24) is 0 Å². The fourth-order valence-corrected chi connectivity index (χ4v) is 9.79. The molecule has 0 unspecified atom stereocenters. The number of para-hydroxylation sites is 2. The van der Waals surface area contributed by atoms with Gasteiger partial charge in [0.25, 0.3) is 0 Å². The summed E-state index contributed by atoms with van der Waals surface area (Å²) in [6.07, 6.45) is 0. The Kier molecular flexibility index (Phi) is 8.00. The van der Waals surface area contributed by atoms with Crippen molar-refractivity contribution < 1.29 is 4.42 Å². The van der Waals surface area contributed by atoms with E-state index in [2.05, 4.69) is 226 Å². The molecule has 9 aromatic carbocycles. The van der Waals surface area contributed by atoms with Crippen LogP contribution in [0.4, 0.5) is 17.1 Å². The molecule has 0 spiro atoms. The van der Waals surface area contributed by atoms with Crippen LogP contribution in [-0.4, -0.2) is 0 Å². The van der Waals surface area contributed by atoms with Crippen LogP contribution >= 0.6 is 0 Å². The maximum absolute atomic E-state index is 6.77. The van der Waals surface area contributed by atoms with Crippen molar-refractivity contribution in [2.45, 2.75) is 31.6 Å². The summed E-state index contributed by atoms with van der Waals surface area (Å²) >= 11 is 0. The van der Waals surface area contributed by atoms with Gasteiger partial charge < -0.3 is 9.32 Å². The molecule has 0 aliphatic heterocycles. The number of hydrogen-bond donors (Lipinski definition) is 0. The van der Waals surface area contributed by atoms with Crippen molar-refractivity contribution in [3.05, 3.63) is 234 Å².